The van der Waals surface area contributed by atoms with Crippen LogP contribution in [-0.2, 0) is 14.3 Å². The molecule has 1 amide bonds. The Balaban J connectivity index is 0.000000195. The molecule has 0 aromatic heterocycles. The molecule has 2 spiro atoms. The molecule has 2 aromatic rings. The van der Waals surface area contributed by atoms with Gasteiger partial charge in [-0.25, -0.2) is 4.79 Å². The molecule has 2 aliphatic carbocycles. The molecule has 2 heterocycles. The molecule has 6 rings (SSSR count). The molecule has 3 N–H and O–H groups in total. The Hall–Kier alpha value is -3.33. The Morgan fingerprint density at radius 3 is 2.09 bits per heavy atom. The maximum absolute atomic E-state index is 11.9. The van der Waals surface area contributed by atoms with Crippen LogP contribution in [0.4, 0.5) is 16.2 Å². The summed E-state index contributed by atoms with van der Waals surface area (Å²) < 4.78 is 5.35. The first-order valence-corrected chi connectivity index (χ1v) is 15.6. The van der Waals surface area contributed by atoms with Crippen molar-refractivity contribution in [1.82, 2.24) is 9.71 Å². The van der Waals surface area contributed by atoms with Crippen LogP contribution in [0.1, 0.15) is 66.7 Å². The van der Waals surface area contributed by atoms with E-state index in [-0.39, 0.29) is 24.9 Å². The number of benzene rings is 2. The average molecular weight is 604 g/mol. The summed E-state index contributed by atoms with van der Waals surface area (Å²) in [6, 6.07) is 19.9. The number of hydrogen-bond donors (Lipinski definition) is 2. The quantitative estimate of drug-likeness (QED) is 0.232. The van der Waals surface area contributed by atoms with Gasteiger partial charge in [-0.15, -0.1) is 0 Å². The summed E-state index contributed by atoms with van der Waals surface area (Å²) in [6.45, 7) is 10.4. The van der Waals surface area contributed by atoms with Crippen molar-refractivity contribution < 1.29 is 19.1 Å². The Morgan fingerprint density at radius 1 is 0.955 bits per heavy atom. The van der Waals surface area contributed by atoms with Gasteiger partial charge in [0.15, 0.2) is 0 Å². The van der Waals surface area contributed by atoms with Crippen molar-refractivity contribution in [3.05, 3.63) is 60.7 Å². The molecule has 239 valence electrons. The molecular weight excluding hydrogens is 551 g/mol. The first kappa shape index (κ1) is 35.2. The van der Waals surface area contributed by atoms with E-state index in [9.17, 15) is 14.4 Å². The zero-order valence-corrected chi connectivity index (χ0v) is 26.0. The third-order valence-corrected chi connectivity index (χ3v) is 9.02. The number of aldehydes is 1. The first-order valence-electron chi connectivity index (χ1n) is 15.6. The number of ether oxygens (including phenoxy) is 1. The van der Waals surface area contributed by atoms with E-state index < -0.39 is 5.60 Å². The van der Waals surface area contributed by atoms with Gasteiger partial charge in [-0.2, -0.15) is 0 Å². The Labute approximate surface area is 265 Å². The van der Waals surface area contributed by atoms with Crippen molar-refractivity contribution in [1.29, 1.82) is 0 Å². The maximum atomic E-state index is 11.9. The van der Waals surface area contributed by atoms with E-state index in [1.54, 1.807) is 12.3 Å². The molecular formula is C35H52BN4O4. The van der Waals surface area contributed by atoms with Crippen LogP contribution in [0.5, 0.6) is 0 Å². The number of rotatable bonds is 6. The fourth-order valence-electron chi connectivity index (χ4n) is 7.00. The topological polar surface area (TPSA) is 105 Å². The van der Waals surface area contributed by atoms with Gasteiger partial charge in [-0.05, 0) is 113 Å². The number of nitrogens with two attached hydrogens (primary N) is 1. The highest BCUT2D eigenvalue weighted by atomic mass is 16.6. The SMILES string of the molecule is C.CC(C)(C)OC(=O)N1CCC2(CC(C=O)C2)C1.Nc1ccccc1.O=C[B]N1CCC2(CC(CNc3ccccc3)C2)C1. The highest BCUT2D eigenvalue weighted by molar-refractivity contribution is 6.64. The molecule has 2 aliphatic heterocycles. The summed E-state index contributed by atoms with van der Waals surface area (Å²) in [6.07, 6.45) is 8.48. The second-order valence-corrected chi connectivity index (χ2v) is 13.9. The van der Waals surface area contributed by atoms with Gasteiger partial charge in [0.2, 0.25) is 0 Å². The van der Waals surface area contributed by atoms with Crippen LogP contribution >= 0.6 is 0 Å². The normalized spacial score (nSPS) is 26.8. The van der Waals surface area contributed by atoms with Crippen LogP contribution in [0.2, 0.25) is 0 Å². The minimum absolute atomic E-state index is 0. The maximum Gasteiger partial charge on any atom is 0.410 e. The third kappa shape index (κ3) is 10.1. The molecule has 8 nitrogen and oxygen atoms in total. The van der Waals surface area contributed by atoms with Gasteiger partial charge in [0.25, 0.3) is 7.41 Å². The van der Waals surface area contributed by atoms with Gasteiger partial charge in [0.1, 0.15) is 11.9 Å². The van der Waals surface area contributed by atoms with Gasteiger partial charge >= 0.3 is 6.09 Å². The Bertz CT molecular complexity index is 1180. The number of carbonyl (C=O) groups is 3. The van der Waals surface area contributed by atoms with Crippen LogP contribution in [0.3, 0.4) is 0 Å². The minimum Gasteiger partial charge on any atom is -0.444 e. The van der Waals surface area contributed by atoms with E-state index in [2.05, 4.69) is 34.4 Å². The molecule has 0 bridgehead atoms. The van der Waals surface area contributed by atoms with Gasteiger partial charge in [-0.1, -0.05) is 43.8 Å². The zero-order chi connectivity index (χ0) is 30.9. The lowest BCUT2D eigenvalue weighted by Gasteiger charge is -2.45. The van der Waals surface area contributed by atoms with E-state index >= 15 is 0 Å². The largest absolute Gasteiger partial charge is 0.444 e. The van der Waals surface area contributed by atoms with E-state index in [4.69, 9.17) is 10.5 Å². The highest BCUT2D eigenvalue weighted by Crippen LogP contribution is 2.52. The summed E-state index contributed by atoms with van der Waals surface area (Å²) in [4.78, 5) is 37.0. The fourth-order valence-corrected chi connectivity index (χ4v) is 7.00. The number of anilines is 2. The lowest BCUT2D eigenvalue weighted by molar-refractivity contribution is -0.117. The molecule has 44 heavy (non-hydrogen) atoms. The molecule has 4 aliphatic rings. The van der Waals surface area contributed by atoms with Crippen LogP contribution in [0.15, 0.2) is 60.7 Å². The molecule has 2 saturated heterocycles. The van der Waals surface area contributed by atoms with E-state index in [1.165, 1.54) is 24.9 Å². The molecule has 2 aromatic carbocycles. The van der Waals surface area contributed by atoms with E-state index in [0.717, 1.165) is 76.1 Å². The number of amides is 1. The Kier molecular flexibility index (Phi) is 12.5. The average Bonchev–Trinajstić information content (AvgIpc) is 3.57. The van der Waals surface area contributed by atoms with E-state index in [1.807, 2.05) is 57.2 Å². The minimum atomic E-state index is -0.433. The first-order chi connectivity index (χ1) is 20.5. The van der Waals surface area contributed by atoms with Crippen LogP contribution in [0.25, 0.3) is 0 Å². The van der Waals surface area contributed by atoms with Crippen LogP contribution in [0, 0.1) is 22.7 Å². The highest BCUT2D eigenvalue weighted by Gasteiger charge is 2.50. The molecule has 2 saturated carbocycles. The molecule has 0 unspecified atom stereocenters. The second-order valence-electron chi connectivity index (χ2n) is 13.9. The van der Waals surface area contributed by atoms with Crippen LogP contribution in [-0.4, -0.2) is 74.0 Å². The standard InChI is InChI=1S/C15H20BN2O.C13H21NO3.C6H7N.CH4/c19-12-16-18-7-6-15(11-18)8-13(9-15)10-17-14-4-2-1-3-5-14;1-12(2,3)17-11(16)14-5-4-13(9-14)6-10(7-13)8-15;7-6-4-2-1-3-5-6;/h1-5,12-13,17H,6-11H2;8,10H,4-7,9H2,1-3H3;1-5H,7H2;1H4. The van der Waals surface area contributed by atoms with Gasteiger partial charge in [0.05, 0.1) is 6.19 Å². The number of nitrogens with one attached hydrogen (secondary N) is 1. The number of nitrogens with zero attached hydrogens (tertiary/aromatic N) is 2. The van der Waals surface area contributed by atoms with Crippen molar-refractivity contribution in [2.24, 2.45) is 22.7 Å². The summed E-state index contributed by atoms with van der Waals surface area (Å²) in [7, 11) is 1.70. The summed E-state index contributed by atoms with van der Waals surface area (Å²) in [5.41, 5.74) is 7.67. The third-order valence-electron chi connectivity index (χ3n) is 9.02. The number of hydrogen-bond acceptors (Lipinski definition) is 7. The lowest BCUT2D eigenvalue weighted by Crippen LogP contribution is -2.43. The smallest absolute Gasteiger partial charge is 0.410 e. The lowest BCUT2D eigenvalue weighted by atomic mass is 9.61. The van der Waals surface area contributed by atoms with Crippen LogP contribution < -0.4 is 11.1 Å². The van der Waals surface area contributed by atoms with Crippen molar-refractivity contribution in [2.75, 3.05) is 43.8 Å². The Morgan fingerprint density at radius 2 is 1.55 bits per heavy atom. The molecule has 4 fully saturated rings. The predicted molar refractivity (Wildman–Crippen MR) is 180 cm³/mol. The predicted octanol–water partition coefficient (Wildman–Crippen LogP) is 6.14. The molecule has 1 radical (unpaired) electrons. The number of likely N-dealkylation sites (tertiary alicyclic amines) is 1. The molecule has 9 heteroatoms. The number of para-hydroxylation sites is 2. The van der Waals surface area contributed by atoms with Crippen molar-refractivity contribution in [3.8, 4) is 0 Å². The fraction of sp³-hybridized carbons (Fsp3) is 0.571. The van der Waals surface area contributed by atoms with Crippen molar-refractivity contribution >= 4 is 37.4 Å². The van der Waals surface area contributed by atoms with Crippen molar-refractivity contribution in [3.63, 3.8) is 0 Å². The number of carbonyl (C=O) groups excluding carboxylic acids is 3. The summed E-state index contributed by atoms with van der Waals surface area (Å²) >= 11 is 0. The summed E-state index contributed by atoms with van der Waals surface area (Å²) in [5, 5.41) is 3.51. The second kappa shape index (κ2) is 15.6. The summed E-state index contributed by atoms with van der Waals surface area (Å²) in [5.74, 6) is 1.00. The zero-order valence-electron chi connectivity index (χ0n) is 26.0. The van der Waals surface area contributed by atoms with E-state index in [0.29, 0.717) is 5.41 Å². The van der Waals surface area contributed by atoms with Gasteiger partial charge < -0.3 is 35.1 Å². The monoisotopic (exact) mass is 603 g/mol. The van der Waals surface area contributed by atoms with Crippen molar-refractivity contribution in [2.45, 2.75) is 72.3 Å². The van der Waals surface area contributed by atoms with Gasteiger partial charge in [0, 0.05) is 36.9 Å². The van der Waals surface area contributed by atoms with Gasteiger partial charge in [-0.3, -0.25) is 0 Å². The number of nitrogen functional groups attached to an aromatic ring is 1. The molecule has 0 atom stereocenters.